The maximum Gasteiger partial charge on any atom is 0.339 e. The molecule has 0 aliphatic heterocycles. The lowest BCUT2D eigenvalue weighted by Gasteiger charge is -2.01. The zero-order valence-corrected chi connectivity index (χ0v) is 11.3. The summed E-state index contributed by atoms with van der Waals surface area (Å²) in [7, 11) is -4.79. The molecule has 110 valence electrons. The van der Waals surface area contributed by atoms with Crippen LogP contribution in [0.2, 0.25) is 0 Å². The second-order valence-electron chi connectivity index (χ2n) is 3.90. The minimum Gasteiger partial charge on any atom is -0.287 e. The number of fused-ring (bicyclic) bond motifs is 1. The molecule has 2 aromatic rings. The number of hydrogen-bond acceptors (Lipinski definition) is 8. The number of rotatable bonds is 2. The molecular weight excluding hydrogens is 316 g/mol. The molecule has 0 bridgehead atoms. The van der Waals surface area contributed by atoms with Gasteiger partial charge in [-0.1, -0.05) is 17.4 Å². The lowest BCUT2D eigenvalue weighted by atomic mass is 10.1. The van der Waals surface area contributed by atoms with Gasteiger partial charge in [-0.15, -0.1) is 5.10 Å². The predicted octanol–water partition coefficient (Wildman–Crippen LogP) is -0.802. The van der Waals surface area contributed by atoms with Crippen molar-refractivity contribution < 1.29 is 13.0 Å². The third-order valence-corrected chi connectivity index (χ3v) is 3.62. The Morgan fingerprint density at radius 1 is 1.18 bits per heavy atom. The largest absolute Gasteiger partial charge is 0.339 e. The molecule has 0 atom stereocenters. The van der Waals surface area contributed by atoms with E-state index in [9.17, 15) is 18.0 Å². The third kappa shape index (κ3) is 2.30. The second kappa shape index (κ2) is 5.31. The van der Waals surface area contributed by atoms with E-state index in [-0.39, 0.29) is 5.39 Å². The Morgan fingerprint density at radius 2 is 1.86 bits per heavy atom. The fraction of sp³-hybridized carbons (Fsp3) is 0. The summed E-state index contributed by atoms with van der Waals surface area (Å²) in [6, 6.07) is 3.20. The number of nitrogens with zero attached hydrogens (tertiary/aromatic N) is 5. The molecule has 0 spiro atoms. The van der Waals surface area contributed by atoms with E-state index in [0.29, 0.717) is 0 Å². The molecule has 12 heteroatoms. The van der Waals surface area contributed by atoms with Crippen LogP contribution in [0.1, 0.15) is 0 Å². The molecule has 2 N–H and O–H groups in total. The van der Waals surface area contributed by atoms with E-state index in [4.69, 9.17) is 15.5 Å². The van der Waals surface area contributed by atoms with Gasteiger partial charge in [0.15, 0.2) is 10.5 Å². The quantitative estimate of drug-likeness (QED) is 0.316. The van der Waals surface area contributed by atoms with Gasteiger partial charge in [0.05, 0.1) is 5.39 Å². The summed E-state index contributed by atoms with van der Waals surface area (Å²) in [5.74, 6) is 0. The Labute approximate surface area is 120 Å². The van der Waals surface area contributed by atoms with E-state index >= 15 is 0 Å². The molecule has 2 aromatic carbocycles. The lowest BCUT2D eigenvalue weighted by Crippen LogP contribution is -2.48. The van der Waals surface area contributed by atoms with Gasteiger partial charge in [0.1, 0.15) is 4.90 Å². The molecule has 0 fully saturated rings. The van der Waals surface area contributed by atoms with Gasteiger partial charge in [0.25, 0.3) is 15.5 Å². The van der Waals surface area contributed by atoms with Gasteiger partial charge in [-0.2, -0.15) is 13.9 Å². The van der Waals surface area contributed by atoms with Crippen LogP contribution in [-0.4, -0.2) is 13.0 Å². The Bertz CT molecular complexity index is 1170. The van der Waals surface area contributed by atoms with Crippen LogP contribution >= 0.6 is 0 Å². The van der Waals surface area contributed by atoms with Gasteiger partial charge in [-0.05, 0) is 6.07 Å². The normalized spacial score (nSPS) is 13.3. The Balaban J connectivity index is 3.39. The third-order valence-electron chi connectivity index (χ3n) is 2.73. The summed E-state index contributed by atoms with van der Waals surface area (Å²) >= 11 is 0. The molecule has 0 amide bonds. The van der Waals surface area contributed by atoms with E-state index in [1.54, 1.807) is 0 Å². The number of benzene rings is 2. The topological polar surface area (TPSA) is 178 Å². The SMILES string of the molecule is N#[N+]N=c1c(=NN=N)c(=O)c2cccc(S(=O)(=O)O)c2c1=O. The number of hydrogen-bond donors (Lipinski definition) is 2. The van der Waals surface area contributed by atoms with Crippen molar-refractivity contribution in [3.8, 4) is 0 Å². The smallest absolute Gasteiger partial charge is 0.287 e. The summed E-state index contributed by atoms with van der Waals surface area (Å²) in [6.07, 6.45) is 0. The zero-order valence-electron chi connectivity index (χ0n) is 10.5. The van der Waals surface area contributed by atoms with E-state index in [0.717, 1.165) is 18.2 Å². The highest BCUT2D eigenvalue weighted by Gasteiger charge is 2.21. The lowest BCUT2D eigenvalue weighted by molar-refractivity contribution is 0.484. The first-order chi connectivity index (χ1) is 10.3. The average molecular weight is 321 g/mol. The van der Waals surface area contributed by atoms with Crippen LogP contribution in [-0.2, 0) is 10.1 Å². The Kier molecular flexibility index (Phi) is 3.68. The molecule has 0 aromatic heterocycles. The highest BCUT2D eigenvalue weighted by molar-refractivity contribution is 7.86. The Hall–Kier alpha value is -3.17. The first-order valence-electron chi connectivity index (χ1n) is 5.39. The molecule has 11 nitrogen and oxygen atoms in total. The van der Waals surface area contributed by atoms with Crippen LogP contribution in [0.3, 0.4) is 0 Å². The molecule has 22 heavy (non-hydrogen) atoms. The van der Waals surface area contributed by atoms with Crippen molar-refractivity contribution in [1.29, 1.82) is 10.9 Å². The molecular formula is C10H5N6O5S+. The standard InChI is InChI=1S/C10H4N6O5S/c11-15-13-7-8(14-16-12)10(18)6-4(9(7)17)2-1-3-5(6)22(19,20)21/h1-3,11H/p+1. The molecule has 2 rings (SSSR count). The van der Waals surface area contributed by atoms with Gasteiger partial charge < -0.3 is 0 Å². The maximum absolute atomic E-state index is 12.3. The second-order valence-corrected chi connectivity index (χ2v) is 5.29. The fourth-order valence-corrected chi connectivity index (χ4v) is 2.62. The summed E-state index contributed by atoms with van der Waals surface area (Å²) < 4.78 is 31.8. The van der Waals surface area contributed by atoms with Gasteiger partial charge in [0, 0.05) is 5.39 Å². The average Bonchev–Trinajstić information content (AvgIpc) is 2.46. The maximum atomic E-state index is 12.3. The molecule has 0 saturated carbocycles. The van der Waals surface area contributed by atoms with Crippen LogP contribution in [0.15, 0.2) is 48.1 Å². The van der Waals surface area contributed by atoms with Gasteiger partial charge in [-0.25, -0.2) is 0 Å². The van der Waals surface area contributed by atoms with Gasteiger partial charge >= 0.3 is 5.08 Å². The summed E-state index contributed by atoms with van der Waals surface area (Å²) in [6.45, 7) is 0. The van der Waals surface area contributed by atoms with Crippen molar-refractivity contribution in [3.05, 3.63) is 54.4 Å². The van der Waals surface area contributed by atoms with Crippen LogP contribution in [0.25, 0.3) is 15.9 Å². The highest BCUT2D eigenvalue weighted by atomic mass is 32.2. The highest BCUT2D eigenvalue weighted by Crippen LogP contribution is 2.16. The van der Waals surface area contributed by atoms with Crippen molar-refractivity contribution in [2.75, 3.05) is 0 Å². The van der Waals surface area contributed by atoms with Crippen molar-refractivity contribution in [2.24, 2.45) is 15.4 Å². The minimum atomic E-state index is -4.79. The first-order valence-corrected chi connectivity index (χ1v) is 6.83. The molecule has 0 unspecified atom stereocenters. The number of nitrogens with one attached hydrogen (secondary N) is 1. The Morgan fingerprint density at radius 3 is 2.41 bits per heavy atom. The fourth-order valence-electron chi connectivity index (χ4n) is 1.91. The van der Waals surface area contributed by atoms with Crippen LogP contribution in [0, 0.1) is 10.9 Å². The zero-order chi connectivity index (χ0) is 16.5. The van der Waals surface area contributed by atoms with Crippen LogP contribution in [0.4, 0.5) is 0 Å². The van der Waals surface area contributed by atoms with Crippen LogP contribution < -0.4 is 21.6 Å². The van der Waals surface area contributed by atoms with Crippen molar-refractivity contribution in [3.63, 3.8) is 0 Å². The summed E-state index contributed by atoms with van der Waals surface area (Å²) in [5, 5.41) is 17.1. The van der Waals surface area contributed by atoms with E-state index in [2.05, 4.69) is 20.5 Å². The molecule has 0 aliphatic rings. The minimum absolute atomic E-state index is 0.362. The number of diazo groups is 1. The summed E-state index contributed by atoms with van der Waals surface area (Å²) in [5.41, 5.74) is 4.55. The van der Waals surface area contributed by atoms with E-state index < -0.39 is 42.0 Å². The van der Waals surface area contributed by atoms with Crippen LogP contribution in [0.5, 0.6) is 0 Å². The van der Waals surface area contributed by atoms with Crippen molar-refractivity contribution in [2.45, 2.75) is 4.90 Å². The van der Waals surface area contributed by atoms with Crippen molar-refractivity contribution in [1.82, 2.24) is 0 Å². The molecule has 0 aliphatic carbocycles. The molecule has 0 heterocycles. The van der Waals surface area contributed by atoms with Gasteiger partial charge in [-0.3, -0.25) is 14.1 Å². The monoisotopic (exact) mass is 321 g/mol. The molecule has 0 saturated heterocycles. The van der Waals surface area contributed by atoms with E-state index in [1.807, 2.05) is 0 Å². The van der Waals surface area contributed by atoms with Gasteiger partial charge in [0.2, 0.25) is 16.2 Å². The van der Waals surface area contributed by atoms with E-state index in [1.165, 1.54) is 0 Å². The first kappa shape index (κ1) is 15.2. The predicted molar refractivity (Wildman–Crippen MR) is 70.0 cm³/mol. The van der Waals surface area contributed by atoms with Crippen molar-refractivity contribution >= 4 is 20.9 Å². The summed E-state index contributed by atoms with van der Waals surface area (Å²) in [4.78, 5) is 23.7. The molecule has 0 radical (unpaired) electrons.